The van der Waals surface area contributed by atoms with E-state index in [4.69, 9.17) is 51.9 Å². The predicted octanol–water partition coefficient (Wildman–Crippen LogP) is 8.40. The Hall–Kier alpha value is -5.80. The van der Waals surface area contributed by atoms with Crippen molar-refractivity contribution >= 4 is 36.1 Å². The summed E-state index contributed by atoms with van der Waals surface area (Å²) in [5, 5.41) is 3.01. The second-order valence-corrected chi connectivity index (χ2v) is 22.8. The first kappa shape index (κ1) is 65.0. The molecule has 0 bridgehead atoms. The van der Waals surface area contributed by atoms with Gasteiger partial charge in [-0.2, -0.15) is 0 Å². The number of aromatic amines is 1. The molecule has 80 heavy (non-hydrogen) atoms. The van der Waals surface area contributed by atoms with Gasteiger partial charge in [-0.25, -0.2) is 9.59 Å². The number of carbonyl (C=O) groups excluding carboxylic acids is 3. The van der Waals surface area contributed by atoms with Crippen molar-refractivity contribution in [3.63, 3.8) is 0 Å². The monoisotopic (exact) mass is 1110 g/mol. The number of nitrogens with zero attached hydrogens (tertiary/aromatic N) is 1. The molecule has 1 aromatic heterocycles. The second-order valence-electron chi connectivity index (χ2n) is 22.8. The zero-order chi connectivity index (χ0) is 58.7. The minimum absolute atomic E-state index is 0.0771. The number of hydrogen-bond donors (Lipinski definition) is 2. The molecule has 3 heterocycles. The van der Waals surface area contributed by atoms with E-state index < -0.39 is 17.2 Å². The number of ether oxygens (including phenoxy) is 9. The summed E-state index contributed by atoms with van der Waals surface area (Å²) in [4.78, 5) is 54.9. The molecule has 2 aliphatic heterocycles. The van der Waals surface area contributed by atoms with Gasteiger partial charge in [-0.3, -0.25) is 9.59 Å². The van der Waals surface area contributed by atoms with Crippen molar-refractivity contribution in [3.8, 4) is 22.6 Å². The molecule has 6 rings (SSSR count). The van der Waals surface area contributed by atoms with Crippen LogP contribution in [0.1, 0.15) is 122 Å². The summed E-state index contributed by atoms with van der Waals surface area (Å²) in [6.07, 6.45) is 1.84. The molecule has 18 nitrogen and oxygen atoms in total. The van der Waals surface area contributed by atoms with Crippen molar-refractivity contribution in [1.82, 2.24) is 10.3 Å². The quantitative estimate of drug-likeness (QED) is 0.0345. The predicted molar refractivity (Wildman–Crippen MR) is 309 cm³/mol. The lowest BCUT2D eigenvalue weighted by atomic mass is 9.79. The van der Waals surface area contributed by atoms with Crippen molar-refractivity contribution in [1.29, 1.82) is 0 Å². The number of rotatable bonds is 26. The Morgan fingerprint density at radius 2 is 1.16 bits per heavy atom. The molecule has 440 valence electrons. The van der Waals surface area contributed by atoms with Gasteiger partial charge in [0, 0.05) is 54.9 Å². The molecule has 0 unspecified atom stereocenters. The molecular formula is C61H88BN3O15. The van der Waals surface area contributed by atoms with E-state index in [-0.39, 0.29) is 62.1 Å². The van der Waals surface area contributed by atoms with Gasteiger partial charge in [0.1, 0.15) is 49.1 Å². The van der Waals surface area contributed by atoms with Gasteiger partial charge in [-0.05, 0) is 180 Å². The average molecular weight is 1110 g/mol. The Kier molecular flexibility index (Phi) is 24.6. The van der Waals surface area contributed by atoms with Crippen LogP contribution >= 0.6 is 0 Å². The van der Waals surface area contributed by atoms with E-state index in [1.54, 1.807) is 0 Å². The SMILES string of the molecule is CC(C)(C)OC(=O)COCCOCCOc1ccc(B2OC(C)(C)C(C)(C)O2)cc1.CCN(c1cc(-c2ccc(OCCOCCOCC(=O)OC(C)(C)C)cc2)cc(C(=O)NCc2c(C)cc(C)[nH]c2=O)c1C)C1CCOCC1. The second kappa shape index (κ2) is 30.3. The molecule has 1 amide bonds. The van der Waals surface area contributed by atoms with E-state index in [2.05, 4.69) is 28.2 Å². The Morgan fingerprint density at radius 3 is 1.65 bits per heavy atom. The first-order valence-electron chi connectivity index (χ1n) is 27.8. The number of anilines is 1. The Morgan fingerprint density at radius 1 is 0.675 bits per heavy atom. The highest BCUT2D eigenvalue weighted by Crippen LogP contribution is 2.37. The van der Waals surface area contributed by atoms with Crippen molar-refractivity contribution in [2.24, 2.45) is 0 Å². The lowest BCUT2D eigenvalue weighted by molar-refractivity contribution is -0.161. The van der Waals surface area contributed by atoms with Gasteiger partial charge in [-0.1, -0.05) is 24.3 Å². The van der Waals surface area contributed by atoms with Gasteiger partial charge in [0.2, 0.25) is 0 Å². The number of aromatic nitrogens is 1. The van der Waals surface area contributed by atoms with Crippen LogP contribution in [-0.2, 0) is 58.6 Å². The van der Waals surface area contributed by atoms with Crippen LogP contribution in [0.5, 0.6) is 11.5 Å². The van der Waals surface area contributed by atoms with Crippen molar-refractivity contribution < 1.29 is 66.3 Å². The van der Waals surface area contributed by atoms with Crippen LogP contribution < -0.4 is 30.7 Å². The zero-order valence-corrected chi connectivity index (χ0v) is 49.9. The molecule has 2 aliphatic rings. The highest BCUT2D eigenvalue weighted by molar-refractivity contribution is 6.62. The molecule has 0 spiro atoms. The number of aryl methyl sites for hydroxylation is 2. The number of H-pyrrole nitrogens is 1. The van der Waals surface area contributed by atoms with Crippen molar-refractivity contribution in [2.75, 3.05) is 90.7 Å². The van der Waals surface area contributed by atoms with Crippen LogP contribution in [0.4, 0.5) is 5.69 Å². The van der Waals surface area contributed by atoms with E-state index in [0.29, 0.717) is 82.4 Å². The van der Waals surface area contributed by atoms with Crippen LogP contribution in [0.15, 0.2) is 71.5 Å². The molecule has 2 fully saturated rings. The van der Waals surface area contributed by atoms with Crippen LogP contribution in [0.3, 0.4) is 0 Å². The fraction of sp³-hybridized carbons (Fsp3) is 0.574. The summed E-state index contributed by atoms with van der Waals surface area (Å²) in [5.41, 5.74) is 5.50. The van der Waals surface area contributed by atoms with E-state index in [9.17, 15) is 19.2 Å². The van der Waals surface area contributed by atoms with Crippen LogP contribution in [0, 0.1) is 20.8 Å². The van der Waals surface area contributed by atoms with Crippen LogP contribution in [0.25, 0.3) is 11.1 Å². The van der Waals surface area contributed by atoms with E-state index >= 15 is 0 Å². The highest BCUT2D eigenvalue weighted by atomic mass is 16.7. The molecule has 19 heteroatoms. The Labute approximate surface area is 474 Å². The lowest BCUT2D eigenvalue weighted by Gasteiger charge is -2.37. The maximum Gasteiger partial charge on any atom is 0.494 e. The average Bonchev–Trinajstić information content (AvgIpc) is 3.69. The lowest BCUT2D eigenvalue weighted by Crippen LogP contribution is -2.41. The van der Waals surface area contributed by atoms with Gasteiger partial charge >= 0.3 is 19.1 Å². The van der Waals surface area contributed by atoms with Crippen molar-refractivity contribution in [2.45, 2.75) is 145 Å². The highest BCUT2D eigenvalue weighted by Gasteiger charge is 2.51. The third-order valence-electron chi connectivity index (χ3n) is 13.4. The molecular weight excluding hydrogens is 1030 g/mol. The fourth-order valence-electron chi connectivity index (χ4n) is 8.76. The van der Waals surface area contributed by atoms with E-state index in [0.717, 1.165) is 64.2 Å². The standard InChI is InChI=1S/C39H53N3O8.C22H35BO7/c1-8-42(31-13-15-46-16-14-31)35-23-30(22-33(28(35)4)37(44)40-24-34-26(2)21-27(3)41-38(34)45)29-9-11-32(12-10-29)49-20-19-47-17-18-48-25-36(43)50-39(5,6)7;1-20(2,3)28-19(24)16-26-13-12-25-14-15-27-18-10-8-17(9-11-18)23-29-21(4,5)22(6,7)30-23/h9-12,21-23,31H,8,13-20,24-25H2,1-7H3,(H,40,44)(H,41,45);8-11H,12-16H2,1-7H3. The third kappa shape index (κ3) is 20.9. The number of nitrogens with one attached hydrogen (secondary N) is 2. The van der Waals surface area contributed by atoms with E-state index in [1.807, 2.05) is 151 Å². The largest absolute Gasteiger partial charge is 0.494 e. The number of pyridine rings is 1. The number of esters is 2. The van der Waals surface area contributed by atoms with E-state index in [1.165, 1.54) is 0 Å². The molecule has 0 saturated carbocycles. The maximum absolute atomic E-state index is 13.8. The number of carbonyl (C=O) groups is 3. The molecule has 0 atom stereocenters. The minimum atomic E-state index is -0.541. The molecule has 0 aliphatic carbocycles. The van der Waals surface area contributed by atoms with Crippen LogP contribution in [-0.4, -0.2) is 144 Å². The summed E-state index contributed by atoms with van der Waals surface area (Å²) in [6.45, 7) is 31.9. The van der Waals surface area contributed by atoms with Gasteiger partial charge in [-0.15, -0.1) is 0 Å². The molecule has 2 N–H and O–H groups in total. The normalized spacial score (nSPS) is 15.2. The molecule has 0 radical (unpaired) electrons. The number of hydrogen-bond acceptors (Lipinski definition) is 16. The number of amides is 1. The zero-order valence-electron chi connectivity index (χ0n) is 49.9. The van der Waals surface area contributed by atoms with Gasteiger partial charge < -0.3 is 67.1 Å². The summed E-state index contributed by atoms with van der Waals surface area (Å²) >= 11 is 0. The minimum Gasteiger partial charge on any atom is -0.491 e. The fourth-order valence-corrected chi connectivity index (χ4v) is 8.76. The number of benzene rings is 3. The topological polar surface area (TPSA) is 201 Å². The Balaban J connectivity index is 0.000000334. The first-order valence-corrected chi connectivity index (χ1v) is 27.8. The molecule has 3 aromatic carbocycles. The van der Waals surface area contributed by atoms with Gasteiger partial charge in [0.05, 0.1) is 50.8 Å². The Bertz CT molecular complexity index is 2640. The summed E-state index contributed by atoms with van der Waals surface area (Å²) < 4.78 is 61.2. The van der Waals surface area contributed by atoms with Crippen LogP contribution in [0.2, 0.25) is 0 Å². The summed E-state index contributed by atoms with van der Waals surface area (Å²) in [6, 6.07) is 21.8. The molecule has 4 aromatic rings. The van der Waals surface area contributed by atoms with Gasteiger partial charge in [0.15, 0.2) is 0 Å². The maximum atomic E-state index is 13.8. The smallest absolute Gasteiger partial charge is 0.491 e. The van der Waals surface area contributed by atoms with Gasteiger partial charge in [0.25, 0.3) is 11.5 Å². The summed E-state index contributed by atoms with van der Waals surface area (Å²) in [7, 11) is -0.381. The molecule has 2 saturated heterocycles. The summed E-state index contributed by atoms with van der Waals surface area (Å²) in [5.74, 6) is 0.427. The van der Waals surface area contributed by atoms with Crippen molar-refractivity contribution in [3.05, 3.63) is 105 Å². The first-order chi connectivity index (χ1) is 37.8. The third-order valence-corrected chi connectivity index (χ3v) is 13.4.